The Morgan fingerprint density at radius 2 is 1.94 bits per heavy atom. The van der Waals surface area contributed by atoms with Gasteiger partial charge in [0.05, 0.1) is 5.70 Å². The molecule has 1 saturated heterocycles. The van der Waals surface area contributed by atoms with Gasteiger partial charge in [0.15, 0.2) is 6.23 Å². The van der Waals surface area contributed by atoms with Crippen molar-refractivity contribution in [3.63, 3.8) is 0 Å². The number of nitrogens with zero attached hydrogens (tertiary/aromatic N) is 4. The van der Waals surface area contributed by atoms with E-state index in [0.717, 1.165) is 15.8 Å². The summed E-state index contributed by atoms with van der Waals surface area (Å²) in [6.45, 7) is 3.65. The molecular formula is C20H24ClN5O4S2. The molecule has 0 spiro atoms. The van der Waals surface area contributed by atoms with Crippen molar-refractivity contribution in [2.24, 2.45) is 0 Å². The number of fused-ring (bicyclic) bond motifs is 1. The number of hydrazine groups is 1. The molecular weight excluding hydrogens is 474 g/mol. The molecule has 1 fully saturated rings. The Bertz CT molecular complexity index is 1210. The Hall–Kier alpha value is -2.21. The van der Waals surface area contributed by atoms with Gasteiger partial charge in [0.2, 0.25) is 5.88 Å². The fourth-order valence-corrected chi connectivity index (χ4v) is 7.39. The van der Waals surface area contributed by atoms with E-state index in [4.69, 9.17) is 16.3 Å². The summed E-state index contributed by atoms with van der Waals surface area (Å²) >= 11 is 7.25. The molecule has 0 bridgehead atoms. The zero-order chi connectivity index (χ0) is 22.6. The summed E-state index contributed by atoms with van der Waals surface area (Å²) in [5.74, 6) is 0.616. The van der Waals surface area contributed by atoms with E-state index in [1.807, 2.05) is 20.0 Å². The van der Waals surface area contributed by atoms with Crippen molar-refractivity contribution >= 4 is 49.1 Å². The van der Waals surface area contributed by atoms with Crippen molar-refractivity contribution in [3.05, 3.63) is 40.9 Å². The fourth-order valence-electron chi connectivity index (χ4n) is 4.14. The summed E-state index contributed by atoms with van der Waals surface area (Å²) in [5.41, 5.74) is 4.13. The maximum absolute atomic E-state index is 13.2. The van der Waals surface area contributed by atoms with E-state index in [1.54, 1.807) is 28.1 Å². The summed E-state index contributed by atoms with van der Waals surface area (Å²) in [6, 6.07) is 6.86. The molecule has 3 aliphatic heterocycles. The fraction of sp³-hybridized carbons (Fsp3) is 0.450. The molecule has 4 heterocycles. The molecule has 2 aromatic rings. The molecule has 0 radical (unpaired) electrons. The van der Waals surface area contributed by atoms with E-state index >= 15 is 0 Å². The van der Waals surface area contributed by atoms with Crippen molar-refractivity contribution < 1.29 is 17.9 Å². The van der Waals surface area contributed by atoms with E-state index in [-0.39, 0.29) is 25.3 Å². The summed E-state index contributed by atoms with van der Waals surface area (Å²) in [6.07, 6.45) is 0.639. The smallest absolute Gasteiger partial charge is 0.338 e. The Morgan fingerprint density at radius 1 is 1.19 bits per heavy atom. The summed E-state index contributed by atoms with van der Waals surface area (Å²) in [4.78, 5) is 16.7. The van der Waals surface area contributed by atoms with Crippen LogP contribution in [0.5, 0.6) is 0 Å². The number of hydrogen-bond acceptors (Lipinski definition) is 7. The molecule has 1 N–H and O–H groups in total. The van der Waals surface area contributed by atoms with Crippen LogP contribution in [0, 0.1) is 0 Å². The van der Waals surface area contributed by atoms with Crippen LogP contribution in [-0.4, -0.2) is 79.6 Å². The highest BCUT2D eigenvalue weighted by molar-refractivity contribution is 7.91. The highest BCUT2D eigenvalue weighted by atomic mass is 35.5. The number of carbonyl (C=O) groups is 1. The van der Waals surface area contributed by atoms with Crippen molar-refractivity contribution in [2.75, 3.05) is 39.8 Å². The number of carbonyl (C=O) groups excluding carboxylic acids is 1. The number of thiophene rings is 1. The van der Waals surface area contributed by atoms with Crippen LogP contribution in [0.15, 0.2) is 40.1 Å². The van der Waals surface area contributed by atoms with E-state index < -0.39 is 10.0 Å². The zero-order valence-corrected chi connectivity index (χ0v) is 20.1. The van der Waals surface area contributed by atoms with Gasteiger partial charge in [-0.2, -0.15) is 4.31 Å². The predicted octanol–water partition coefficient (Wildman–Crippen LogP) is 2.67. The van der Waals surface area contributed by atoms with Gasteiger partial charge >= 0.3 is 6.03 Å². The predicted molar refractivity (Wildman–Crippen MR) is 122 cm³/mol. The lowest BCUT2D eigenvalue weighted by molar-refractivity contribution is 0.0467. The van der Waals surface area contributed by atoms with E-state index in [1.165, 1.54) is 15.6 Å². The van der Waals surface area contributed by atoms with Gasteiger partial charge in [-0.3, -0.25) is 5.43 Å². The summed E-state index contributed by atoms with van der Waals surface area (Å²) < 4.78 is 34.7. The minimum absolute atomic E-state index is 0.0683. The molecule has 1 aromatic heterocycles. The molecule has 32 heavy (non-hydrogen) atoms. The van der Waals surface area contributed by atoms with Gasteiger partial charge in [-0.1, -0.05) is 17.7 Å². The largest absolute Gasteiger partial charge is 0.453 e. The number of benzene rings is 1. The van der Waals surface area contributed by atoms with Crippen LogP contribution < -0.4 is 5.43 Å². The van der Waals surface area contributed by atoms with Gasteiger partial charge in [-0.05, 0) is 30.5 Å². The van der Waals surface area contributed by atoms with Gasteiger partial charge in [0.25, 0.3) is 10.0 Å². The Balaban J connectivity index is 1.24. The lowest BCUT2D eigenvalue weighted by Gasteiger charge is -2.38. The van der Waals surface area contributed by atoms with Crippen LogP contribution in [0.3, 0.4) is 0 Å². The number of hydrogen-bond donors (Lipinski definition) is 1. The Kier molecular flexibility index (Phi) is 5.39. The first-order chi connectivity index (χ1) is 15.2. The molecule has 172 valence electrons. The molecule has 0 saturated carbocycles. The topological polar surface area (TPSA) is 85.4 Å². The number of rotatable bonds is 2. The molecule has 1 aromatic carbocycles. The van der Waals surface area contributed by atoms with Gasteiger partial charge in [0.1, 0.15) is 4.21 Å². The Labute approximate surface area is 195 Å². The zero-order valence-electron chi connectivity index (χ0n) is 17.7. The first-order valence-corrected chi connectivity index (χ1v) is 13.0. The number of ether oxygens (including phenoxy) is 1. The standard InChI is InChI=1S/C20H24ClN5O4S2/c1-13-23(2)16-5-6-26(22-19(16)30-13)20(27)24-7-9-25(10-8-24)32(28,29)18-11-14-3-4-15(21)12-17(14)31-18/h3-4,11-13,22H,5-10H2,1-2H3. The number of piperazine rings is 1. The maximum Gasteiger partial charge on any atom is 0.338 e. The number of urea groups is 1. The third kappa shape index (κ3) is 3.66. The van der Waals surface area contributed by atoms with E-state index in [9.17, 15) is 13.2 Å². The summed E-state index contributed by atoms with van der Waals surface area (Å²) in [7, 11) is -1.66. The van der Waals surface area contributed by atoms with Crippen molar-refractivity contribution in [3.8, 4) is 0 Å². The van der Waals surface area contributed by atoms with Crippen LogP contribution >= 0.6 is 22.9 Å². The van der Waals surface area contributed by atoms with Gasteiger partial charge in [-0.25, -0.2) is 18.2 Å². The average Bonchev–Trinajstić information content (AvgIpc) is 3.33. The first kappa shape index (κ1) is 21.6. The molecule has 1 unspecified atom stereocenters. The molecule has 5 rings (SSSR count). The normalized spacial score (nSPS) is 22.2. The van der Waals surface area contributed by atoms with Crippen molar-refractivity contribution in [2.45, 2.75) is 23.8 Å². The Morgan fingerprint density at radius 3 is 2.69 bits per heavy atom. The van der Waals surface area contributed by atoms with Gasteiger partial charge in [-0.15, -0.1) is 11.3 Å². The highest BCUT2D eigenvalue weighted by Crippen LogP contribution is 2.33. The number of amides is 2. The molecule has 0 aliphatic carbocycles. The average molecular weight is 498 g/mol. The van der Waals surface area contributed by atoms with Crippen molar-refractivity contribution in [1.29, 1.82) is 0 Å². The van der Waals surface area contributed by atoms with Crippen LogP contribution in [0.25, 0.3) is 10.1 Å². The maximum atomic E-state index is 13.2. The highest BCUT2D eigenvalue weighted by Gasteiger charge is 2.37. The minimum Gasteiger partial charge on any atom is -0.453 e. The minimum atomic E-state index is -3.63. The monoisotopic (exact) mass is 497 g/mol. The van der Waals surface area contributed by atoms with E-state index in [0.29, 0.717) is 41.2 Å². The molecule has 1 atom stereocenters. The van der Waals surface area contributed by atoms with Crippen LogP contribution in [0.1, 0.15) is 13.3 Å². The number of sulfonamides is 1. The van der Waals surface area contributed by atoms with Crippen LogP contribution in [-0.2, 0) is 14.8 Å². The molecule has 9 nitrogen and oxygen atoms in total. The molecule has 2 amide bonds. The van der Waals surface area contributed by atoms with E-state index in [2.05, 4.69) is 10.3 Å². The van der Waals surface area contributed by atoms with Gasteiger partial charge < -0.3 is 14.5 Å². The second-order valence-electron chi connectivity index (χ2n) is 8.04. The lowest BCUT2D eigenvalue weighted by atomic mass is 10.2. The quantitative estimate of drug-likeness (QED) is 0.686. The molecule has 3 aliphatic rings. The number of nitrogens with one attached hydrogen (secondary N) is 1. The van der Waals surface area contributed by atoms with Gasteiger partial charge in [0, 0.05) is 55.9 Å². The third-order valence-electron chi connectivity index (χ3n) is 6.12. The van der Waals surface area contributed by atoms with Crippen LogP contribution in [0.4, 0.5) is 4.79 Å². The first-order valence-electron chi connectivity index (χ1n) is 10.4. The second-order valence-corrected chi connectivity index (χ2v) is 11.7. The second kappa shape index (κ2) is 7.98. The number of halogens is 1. The third-order valence-corrected chi connectivity index (χ3v) is 9.80. The summed E-state index contributed by atoms with van der Waals surface area (Å²) in [5, 5.41) is 2.98. The molecule has 12 heteroatoms. The van der Waals surface area contributed by atoms with Crippen LogP contribution in [0.2, 0.25) is 5.02 Å². The lowest BCUT2D eigenvalue weighted by Crippen LogP contribution is -2.57. The van der Waals surface area contributed by atoms with Crippen molar-refractivity contribution in [1.82, 2.24) is 24.5 Å². The SMILES string of the molecule is CC1OC2=C(CCN(C(=O)N3CCN(S(=O)(=O)c4cc5ccc(Cl)cc5s4)CC3)N2)N1C.